The molecule has 0 radical (unpaired) electrons. The standard InChI is InChI=1S/C20H19N3O4/c1-13-8-16(14(2)23(13)11-17-4-3-7-25-17)10-21-22-20(24)15-5-6-18-19(9-15)27-12-26-18/h3-10H,11-12H2,1-2H3,(H,22,24)/b21-10-. The van der Waals surface area contributed by atoms with Gasteiger partial charge in [0, 0.05) is 22.5 Å². The third kappa shape index (κ3) is 3.44. The minimum absolute atomic E-state index is 0.173. The first-order chi connectivity index (χ1) is 13.1. The van der Waals surface area contributed by atoms with E-state index in [0.717, 1.165) is 22.7 Å². The maximum absolute atomic E-state index is 12.3. The Morgan fingerprint density at radius 1 is 1.22 bits per heavy atom. The second-order valence-electron chi connectivity index (χ2n) is 6.26. The average molecular weight is 365 g/mol. The fourth-order valence-electron chi connectivity index (χ4n) is 3.02. The molecule has 0 spiro atoms. The maximum atomic E-state index is 12.3. The molecule has 1 aliphatic heterocycles. The smallest absolute Gasteiger partial charge is 0.271 e. The predicted molar refractivity (Wildman–Crippen MR) is 99.3 cm³/mol. The Kier molecular flexibility index (Phi) is 4.42. The summed E-state index contributed by atoms with van der Waals surface area (Å²) in [5, 5.41) is 4.09. The number of carbonyl (C=O) groups excluding carboxylic acids is 1. The van der Waals surface area contributed by atoms with Crippen LogP contribution in [0.25, 0.3) is 0 Å². The number of hydrazone groups is 1. The van der Waals surface area contributed by atoms with Gasteiger partial charge in [0.25, 0.3) is 5.91 Å². The normalized spacial score (nSPS) is 12.7. The molecule has 1 amide bonds. The zero-order chi connectivity index (χ0) is 18.8. The van der Waals surface area contributed by atoms with E-state index in [9.17, 15) is 4.79 Å². The zero-order valence-electron chi connectivity index (χ0n) is 15.1. The van der Waals surface area contributed by atoms with Crippen molar-refractivity contribution >= 4 is 12.1 Å². The molecule has 2 aromatic heterocycles. The molecule has 0 bridgehead atoms. The van der Waals surface area contributed by atoms with Gasteiger partial charge in [-0.3, -0.25) is 4.79 Å². The van der Waals surface area contributed by atoms with Crippen molar-refractivity contribution in [3.63, 3.8) is 0 Å². The van der Waals surface area contributed by atoms with Gasteiger partial charge in [0.2, 0.25) is 6.79 Å². The molecule has 4 rings (SSSR count). The van der Waals surface area contributed by atoms with Crippen molar-refractivity contribution in [1.29, 1.82) is 0 Å². The van der Waals surface area contributed by atoms with Gasteiger partial charge in [-0.2, -0.15) is 5.10 Å². The number of furan rings is 1. The SMILES string of the molecule is Cc1cc(/C=N\NC(=O)c2ccc3c(c2)OCO3)c(C)n1Cc1ccco1. The highest BCUT2D eigenvalue weighted by Gasteiger charge is 2.16. The van der Waals surface area contributed by atoms with Crippen LogP contribution in [0.5, 0.6) is 11.5 Å². The molecule has 0 saturated carbocycles. The number of ether oxygens (including phenoxy) is 2. The van der Waals surface area contributed by atoms with Crippen LogP contribution in [0.1, 0.15) is 33.1 Å². The van der Waals surface area contributed by atoms with Crippen LogP contribution >= 0.6 is 0 Å². The van der Waals surface area contributed by atoms with E-state index in [1.165, 1.54) is 0 Å². The number of nitrogens with zero attached hydrogens (tertiary/aromatic N) is 2. The first-order valence-electron chi connectivity index (χ1n) is 8.54. The number of aromatic nitrogens is 1. The van der Waals surface area contributed by atoms with Gasteiger partial charge in [-0.25, -0.2) is 5.43 Å². The number of nitrogens with one attached hydrogen (secondary N) is 1. The molecule has 7 heteroatoms. The van der Waals surface area contributed by atoms with Crippen LogP contribution in [0, 0.1) is 13.8 Å². The lowest BCUT2D eigenvalue weighted by atomic mass is 10.2. The molecule has 27 heavy (non-hydrogen) atoms. The van der Waals surface area contributed by atoms with Gasteiger partial charge < -0.3 is 18.5 Å². The van der Waals surface area contributed by atoms with E-state index in [1.54, 1.807) is 30.7 Å². The monoisotopic (exact) mass is 365 g/mol. The summed E-state index contributed by atoms with van der Waals surface area (Å²) in [5.74, 6) is 1.78. The summed E-state index contributed by atoms with van der Waals surface area (Å²) < 4.78 is 18.1. The van der Waals surface area contributed by atoms with Gasteiger partial charge in [-0.15, -0.1) is 0 Å². The average Bonchev–Trinajstić information content (AvgIpc) is 3.39. The number of benzene rings is 1. The predicted octanol–water partition coefficient (Wildman–Crippen LogP) is 3.24. The van der Waals surface area contributed by atoms with Crippen LogP contribution < -0.4 is 14.9 Å². The molecule has 1 N–H and O–H groups in total. The number of hydrogen-bond donors (Lipinski definition) is 1. The summed E-state index contributed by atoms with van der Waals surface area (Å²) in [6.07, 6.45) is 3.31. The highest BCUT2D eigenvalue weighted by molar-refractivity contribution is 5.95. The van der Waals surface area contributed by atoms with Gasteiger partial charge in [0.05, 0.1) is 19.0 Å². The Hall–Kier alpha value is -3.48. The van der Waals surface area contributed by atoms with Crippen molar-refractivity contribution in [2.45, 2.75) is 20.4 Å². The first kappa shape index (κ1) is 17.0. The summed E-state index contributed by atoms with van der Waals surface area (Å²) in [4.78, 5) is 12.3. The molecule has 0 atom stereocenters. The minimum atomic E-state index is -0.311. The van der Waals surface area contributed by atoms with E-state index >= 15 is 0 Å². The molecule has 3 aromatic rings. The number of rotatable bonds is 5. The lowest BCUT2D eigenvalue weighted by Crippen LogP contribution is -2.17. The summed E-state index contributed by atoms with van der Waals surface area (Å²) in [7, 11) is 0. The largest absolute Gasteiger partial charge is 0.467 e. The molecule has 0 aliphatic carbocycles. The van der Waals surface area contributed by atoms with Gasteiger partial charge in [0.15, 0.2) is 11.5 Å². The maximum Gasteiger partial charge on any atom is 0.271 e. The molecule has 1 aliphatic rings. The lowest BCUT2D eigenvalue weighted by molar-refractivity contribution is 0.0954. The van der Waals surface area contributed by atoms with Crippen LogP contribution in [0.2, 0.25) is 0 Å². The van der Waals surface area contributed by atoms with Crippen LogP contribution in [-0.2, 0) is 6.54 Å². The topological polar surface area (TPSA) is 78.0 Å². The van der Waals surface area contributed by atoms with Gasteiger partial charge >= 0.3 is 0 Å². The van der Waals surface area contributed by atoms with Crippen LogP contribution in [-0.4, -0.2) is 23.5 Å². The Morgan fingerprint density at radius 2 is 2.07 bits per heavy atom. The fourth-order valence-corrected chi connectivity index (χ4v) is 3.02. The van der Waals surface area contributed by atoms with E-state index < -0.39 is 0 Å². The molecule has 0 fully saturated rings. The van der Waals surface area contributed by atoms with Crippen molar-refractivity contribution < 1.29 is 18.7 Å². The molecule has 1 aromatic carbocycles. The Labute approximate surface area is 156 Å². The Balaban J connectivity index is 1.44. The van der Waals surface area contributed by atoms with E-state index in [0.29, 0.717) is 23.6 Å². The second kappa shape index (κ2) is 7.03. The van der Waals surface area contributed by atoms with E-state index in [-0.39, 0.29) is 12.7 Å². The Bertz CT molecular complexity index is 1000. The van der Waals surface area contributed by atoms with Gasteiger partial charge in [-0.05, 0) is 50.2 Å². The second-order valence-corrected chi connectivity index (χ2v) is 6.26. The van der Waals surface area contributed by atoms with Gasteiger partial charge in [-0.1, -0.05) is 0 Å². The number of fused-ring (bicyclic) bond motifs is 1. The lowest BCUT2D eigenvalue weighted by Gasteiger charge is -2.07. The summed E-state index contributed by atoms with van der Waals surface area (Å²) in [6, 6.07) is 10.9. The fraction of sp³-hybridized carbons (Fsp3) is 0.200. The van der Waals surface area contributed by atoms with E-state index in [1.807, 2.05) is 32.0 Å². The highest BCUT2D eigenvalue weighted by atomic mass is 16.7. The van der Waals surface area contributed by atoms with Crippen LogP contribution in [0.15, 0.2) is 52.2 Å². The quantitative estimate of drug-likeness (QED) is 0.556. The van der Waals surface area contributed by atoms with E-state index in [4.69, 9.17) is 13.9 Å². The van der Waals surface area contributed by atoms with Crippen molar-refractivity contribution in [3.8, 4) is 11.5 Å². The third-order valence-corrected chi connectivity index (χ3v) is 4.51. The van der Waals surface area contributed by atoms with Crippen LogP contribution in [0.3, 0.4) is 0 Å². The number of carbonyl (C=O) groups is 1. The molecular weight excluding hydrogens is 346 g/mol. The molecule has 3 heterocycles. The van der Waals surface area contributed by atoms with Crippen molar-refractivity contribution in [1.82, 2.24) is 9.99 Å². The molecule has 0 saturated heterocycles. The first-order valence-corrected chi connectivity index (χ1v) is 8.54. The van der Waals surface area contributed by atoms with Gasteiger partial charge in [0.1, 0.15) is 5.76 Å². The Morgan fingerprint density at radius 3 is 2.89 bits per heavy atom. The third-order valence-electron chi connectivity index (χ3n) is 4.51. The van der Waals surface area contributed by atoms with Crippen molar-refractivity contribution in [3.05, 3.63) is 70.9 Å². The summed E-state index contributed by atoms with van der Waals surface area (Å²) in [6.45, 7) is 4.86. The molecule has 0 unspecified atom stereocenters. The van der Waals surface area contributed by atoms with Crippen LogP contribution in [0.4, 0.5) is 0 Å². The minimum Gasteiger partial charge on any atom is -0.467 e. The molecular formula is C20H19N3O4. The number of aryl methyl sites for hydroxylation is 1. The number of hydrogen-bond acceptors (Lipinski definition) is 5. The molecule has 7 nitrogen and oxygen atoms in total. The van der Waals surface area contributed by atoms with Crippen molar-refractivity contribution in [2.75, 3.05) is 6.79 Å². The zero-order valence-corrected chi connectivity index (χ0v) is 15.1. The van der Waals surface area contributed by atoms with Crippen molar-refractivity contribution in [2.24, 2.45) is 5.10 Å². The highest BCUT2D eigenvalue weighted by Crippen LogP contribution is 2.32. The van der Waals surface area contributed by atoms with E-state index in [2.05, 4.69) is 15.1 Å². The summed E-state index contributed by atoms with van der Waals surface area (Å²) in [5.41, 5.74) is 6.08. The summed E-state index contributed by atoms with van der Waals surface area (Å²) >= 11 is 0. The number of amides is 1. The molecule has 138 valence electrons.